The summed E-state index contributed by atoms with van der Waals surface area (Å²) in [4.78, 5) is 14.8. The molecule has 106 valence electrons. The quantitative estimate of drug-likeness (QED) is 0.700. The first-order chi connectivity index (χ1) is 8.50. The molecule has 3 heteroatoms. The highest BCUT2D eigenvalue weighted by Crippen LogP contribution is 2.24. The zero-order valence-corrected chi connectivity index (χ0v) is 12.5. The van der Waals surface area contributed by atoms with Crippen molar-refractivity contribution >= 4 is 5.78 Å². The van der Waals surface area contributed by atoms with Crippen LogP contribution >= 0.6 is 0 Å². The van der Waals surface area contributed by atoms with Gasteiger partial charge in [-0.3, -0.25) is 9.69 Å². The highest BCUT2D eigenvalue weighted by Gasteiger charge is 2.37. The van der Waals surface area contributed by atoms with Gasteiger partial charge in [0.25, 0.3) is 0 Å². The van der Waals surface area contributed by atoms with E-state index in [9.17, 15) is 4.79 Å². The lowest BCUT2D eigenvalue weighted by atomic mass is 9.87. The van der Waals surface area contributed by atoms with E-state index < -0.39 is 0 Å². The minimum absolute atomic E-state index is 0.277. The van der Waals surface area contributed by atoms with Gasteiger partial charge in [-0.25, -0.2) is 0 Å². The third-order valence-corrected chi connectivity index (χ3v) is 4.18. The molecule has 0 radical (unpaired) electrons. The van der Waals surface area contributed by atoms with Gasteiger partial charge in [-0.1, -0.05) is 27.2 Å². The normalized spacial score (nSPS) is 20.9. The van der Waals surface area contributed by atoms with Gasteiger partial charge in [-0.05, 0) is 25.7 Å². The van der Waals surface area contributed by atoms with E-state index in [2.05, 4.69) is 32.6 Å². The van der Waals surface area contributed by atoms with Gasteiger partial charge in [0.2, 0.25) is 0 Å². The number of Topliss-reactive ketones (excluding diaryl/α,β-unsaturated/α-hetero) is 1. The van der Waals surface area contributed by atoms with Crippen LogP contribution in [0, 0.1) is 5.92 Å². The summed E-state index contributed by atoms with van der Waals surface area (Å²) >= 11 is 0. The molecule has 18 heavy (non-hydrogen) atoms. The second-order valence-electron chi connectivity index (χ2n) is 5.94. The van der Waals surface area contributed by atoms with E-state index in [0.717, 1.165) is 52.0 Å². The van der Waals surface area contributed by atoms with Gasteiger partial charge >= 0.3 is 0 Å². The summed E-state index contributed by atoms with van der Waals surface area (Å²) in [7, 11) is 0. The molecular formula is C15H29NO2. The molecule has 1 unspecified atom stereocenters. The first-order valence-electron chi connectivity index (χ1n) is 7.36. The lowest BCUT2D eigenvalue weighted by Gasteiger charge is -2.41. The molecule has 0 saturated carbocycles. The Morgan fingerprint density at radius 3 is 2.44 bits per heavy atom. The molecule has 1 heterocycles. The number of ether oxygens (including phenoxy) is 1. The Morgan fingerprint density at radius 2 is 1.94 bits per heavy atom. The van der Waals surface area contributed by atoms with E-state index in [1.165, 1.54) is 0 Å². The van der Waals surface area contributed by atoms with E-state index in [-0.39, 0.29) is 5.54 Å². The monoisotopic (exact) mass is 255 g/mol. The highest BCUT2D eigenvalue weighted by molar-refractivity contribution is 5.87. The lowest BCUT2D eigenvalue weighted by molar-refractivity contribution is -0.134. The Kier molecular flexibility index (Phi) is 6.30. The summed E-state index contributed by atoms with van der Waals surface area (Å²) in [5.74, 6) is 1.10. The average molecular weight is 255 g/mol. The molecule has 0 aromatic rings. The Hall–Kier alpha value is -0.410. The second kappa shape index (κ2) is 7.25. The van der Waals surface area contributed by atoms with Crippen molar-refractivity contribution in [2.45, 2.75) is 58.9 Å². The van der Waals surface area contributed by atoms with E-state index in [1.807, 2.05) is 0 Å². The van der Waals surface area contributed by atoms with Crippen molar-refractivity contribution in [2.75, 3.05) is 26.3 Å². The molecule has 1 rings (SSSR count). The SMILES string of the molecule is CCC(C)(C(=O)CCCC(C)C)N1CCOCC1. The van der Waals surface area contributed by atoms with Gasteiger partial charge in [-0.2, -0.15) is 0 Å². The molecule has 0 aliphatic carbocycles. The van der Waals surface area contributed by atoms with E-state index in [0.29, 0.717) is 11.7 Å². The molecule has 0 N–H and O–H groups in total. The smallest absolute Gasteiger partial charge is 0.152 e. The Morgan fingerprint density at radius 1 is 1.33 bits per heavy atom. The van der Waals surface area contributed by atoms with Crippen molar-refractivity contribution < 1.29 is 9.53 Å². The van der Waals surface area contributed by atoms with Crippen LogP contribution < -0.4 is 0 Å². The third-order valence-electron chi connectivity index (χ3n) is 4.18. The van der Waals surface area contributed by atoms with Gasteiger partial charge in [0.15, 0.2) is 5.78 Å². The van der Waals surface area contributed by atoms with Gasteiger partial charge in [0, 0.05) is 19.5 Å². The molecule has 1 saturated heterocycles. The highest BCUT2D eigenvalue weighted by atomic mass is 16.5. The zero-order chi connectivity index (χ0) is 13.6. The summed E-state index contributed by atoms with van der Waals surface area (Å²) in [6.45, 7) is 12.0. The first kappa shape index (κ1) is 15.6. The zero-order valence-electron chi connectivity index (χ0n) is 12.5. The Labute approximate surface area is 112 Å². The molecule has 0 aromatic heterocycles. The van der Waals surface area contributed by atoms with Crippen LogP contribution in [0.25, 0.3) is 0 Å². The van der Waals surface area contributed by atoms with Crippen LogP contribution in [0.4, 0.5) is 0 Å². The minimum Gasteiger partial charge on any atom is -0.379 e. The predicted molar refractivity (Wildman–Crippen MR) is 74.8 cm³/mol. The maximum absolute atomic E-state index is 12.5. The Bertz CT molecular complexity index is 259. The lowest BCUT2D eigenvalue weighted by Crippen LogP contribution is -2.56. The topological polar surface area (TPSA) is 29.5 Å². The number of rotatable bonds is 7. The van der Waals surface area contributed by atoms with Crippen LogP contribution in [0.15, 0.2) is 0 Å². The van der Waals surface area contributed by atoms with Crippen molar-refractivity contribution in [3.63, 3.8) is 0 Å². The summed E-state index contributed by atoms with van der Waals surface area (Å²) in [6.07, 6.45) is 3.79. The van der Waals surface area contributed by atoms with Crippen molar-refractivity contribution in [3.05, 3.63) is 0 Å². The fourth-order valence-electron chi connectivity index (χ4n) is 2.59. The number of ketones is 1. The van der Waals surface area contributed by atoms with Crippen molar-refractivity contribution in [1.82, 2.24) is 4.90 Å². The molecule has 0 amide bonds. The van der Waals surface area contributed by atoms with Crippen LogP contribution in [0.3, 0.4) is 0 Å². The van der Waals surface area contributed by atoms with Crippen LogP contribution in [0.1, 0.15) is 53.4 Å². The fourth-order valence-corrected chi connectivity index (χ4v) is 2.59. The third kappa shape index (κ3) is 4.06. The fraction of sp³-hybridized carbons (Fsp3) is 0.933. The number of nitrogens with zero attached hydrogens (tertiary/aromatic N) is 1. The maximum atomic E-state index is 12.5. The van der Waals surface area contributed by atoms with Crippen LogP contribution in [-0.4, -0.2) is 42.5 Å². The molecule has 3 nitrogen and oxygen atoms in total. The molecule has 1 aliphatic rings. The van der Waals surface area contributed by atoms with E-state index >= 15 is 0 Å². The van der Waals surface area contributed by atoms with Crippen LogP contribution in [0.2, 0.25) is 0 Å². The largest absolute Gasteiger partial charge is 0.379 e. The first-order valence-corrected chi connectivity index (χ1v) is 7.36. The van der Waals surface area contributed by atoms with Gasteiger partial charge in [0.05, 0.1) is 18.8 Å². The Balaban J connectivity index is 2.53. The number of morpholine rings is 1. The molecule has 0 spiro atoms. The average Bonchev–Trinajstić information content (AvgIpc) is 2.38. The maximum Gasteiger partial charge on any atom is 0.152 e. The van der Waals surface area contributed by atoms with Crippen molar-refractivity contribution in [3.8, 4) is 0 Å². The van der Waals surface area contributed by atoms with Gasteiger partial charge < -0.3 is 4.74 Å². The summed E-state index contributed by atoms with van der Waals surface area (Å²) in [5.41, 5.74) is -0.277. The van der Waals surface area contributed by atoms with Crippen molar-refractivity contribution in [1.29, 1.82) is 0 Å². The van der Waals surface area contributed by atoms with Gasteiger partial charge in [-0.15, -0.1) is 0 Å². The van der Waals surface area contributed by atoms with E-state index in [1.54, 1.807) is 0 Å². The van der Waals surface area contributed by atoms with Crippen molar-refractivity contribution in [2.24, 2.45) is 5.92 Å². The second-order valence-corrected chi connectivity index (χ2v) is 5.94. The molecule has 1 atom stereocenters. The summed E-state index contributed by atoms with van der Waals surface area (Å²) in [5, 5.41) is 0. The molecule has 0 bridgehead atoms. The van der Waals surface area contributed by atoms with Crippen LogP contribution in [0.5, 0.6) is 0 Å². The molecule has 1 aliphatic heterocycles. The standard InChI is InChI=1S/C15H29NO2/c1-5-15(4,16-9-11-18-12-10-16)14(17)8-6-7-13(2)3/h13H,5-12H2,1-4H3. The molecule has 1 fully saturated rings. The van der Waals surface area contributed by atoms with Gasteiger partial charge in [0.1, 0.15) is 0 Å². The predicted octanol–water partition coefficient (Wildman–Crippen LogP) is 2.88. The number of hydrogen-bond acceptors (Lipinski definition) is 3. The molecular weight excluding hydrogens is 226 g/mol. The van der Waals surface area contributed by atoms with Crippen LogP contribution in [-0.2, 0) is 9.53 Å². The minimum atomic E-state index is -0.277. The molecule has 0 aromatic carbocycles. The van der Waals surface area contributed by atoms with E-state index in [4.69, 9.17) is 4.74 Å². The number of hydrogen-bond donors (Lipinski definition) is 0. The summed E-state index contributed by atoms with van der Waals surface area (Å²) in [6, 6.07) is 0. The number of carbonyl (C=O) groups is 1. The number of carbonyl (C=O) groups excluding carboxylic acids is 1. The summed E-state index contributed by atoms with van der Waals surface area (Å²) < 4.78 is 5.38.